The van der Waals surface area contributed by atoms with Crippen LogP contribution in [0.25, 0.3) is 11.4 Å². The fraction of sp³-hybridized carbons (Fsp3) is 0.211. The molecule has 0 saturated heterocycles. The SMILES string of the molecule is COc1cc(C(O)c2cnc(-c3ccc(Br)cc3)[nH]2)cc(OC)c1OC. The highest BCUT2D eigenvalue weighted by Crippen LogP contribution is 2.40. The highest BCUT2D eigenvalue weighted by Gasteiger charge is 2.20. The van der Waals surface area contributed by atoms with Crippen molar-refractivity contribution < 1.29 is 19.3 Å². The molecule has 3 aromatic rings. The lowest BCUT2D eigenvalue weighted by Gasteiger charge is -2.16. The highest BCUT2D eigenvalue weighted by atomic mass is 79.9. The predicted molar refractivity (Wildman–Crippen MR) is 102 cm³/mol. The fourth-order valence-corrected chi connectivity index (χ4v) is 2.93. The van der Waals surface area contributed by atoms with Gasteiger partial charge in [0.1, 0.15) is 11.9 Å². The molecule has 0 spiro atoms. The molecular formula is C19H19BrN2O4. The van der Waals surface area contributed by atoms with E-state index in [4.69, 9.17) is 14.2 Å². The molecule has 26 heavy (non-hydrogen) atoms. The number of imidazole rings is 1. The number of rotatable bonds is 6. The minimum Gasteiger partial charge on any atom is -0.493 e. The largest absolute Gasteiger partial charge is 0.493 e. The smallest absolute Gasteiger partial charge is 0.203 e. The first kappa shape index (κ1) is 18.3. The number of aliphatic hydroxyl groups excluding tert-OH is 1. The van der Waals surface area contributed by atoms with Crippen molar-refractivity contribution >= 4 is 15.9 Å². The second kappa shape index (κ2) is 7.80. The summed E-state index contributed by atoms with van der Waals surface area (Å²) in [5.74, 6) is 2.12. The number of methoxy groups -OCH3 is 3. The zero-order valence-corrected chi connectivity index (χ0v) is 16.2. The Hall–Kier alpha value is -2.51. The number of benzene rings is 2. The Kier molecular flexibility index (Phi) is 5.49. The van der Waals surface area contributed by atoms with Crippen LogP contribution in [-0.2, 0) is 0 Å². The first-order chi connectivity index (χ1) is 12.6. The maximum absolute atomic E-state index is 10.8. The summed E-state index contributed by atoms with van der Waals surface area (Å²) < 4.78 is 17.0. The molecule has 0 fully saturated rings. The highest BCUT2D eigenvalue weighted by molar-refractivity contribution is 9.10. The van der Waals surface area contributed by atoms with Crippen molar-refractivity contribution in [3.8, 4) is 28.6 Å². The van der Waals surface area contributed by atoms with E-state index in [1.165, 1.54) is 21.3 Å². The van der Waals surface area contributed by atoms with E-state index in [1.807, 2.05) is 24.3 Å². The average molecular weight is 419 g/mol. The molecule has 0 saturated carbocycles. The Morgan fingerprint density at radius 3 is 2.15 bits per heavy atom. The Morgan fingerprint density at radius 2 is 1.62 bits per heavy atom. The minimum atomic E-state index is -0.916. The molecule has 0 aliphatic heterocycles. The van der Waals surface area contributed by atoms with Crippen LogP contribution in [0.3, 0.4) is 0 Å². The molecule has 3 rings (SSSR count). The summed E-state index contributed by atoms with van der Waals surface area (Å²) in [6.45, 7) is 0. The van der Waals surface area contributed by atoms with E-state index in [1.54, 1.807) is 18.3 Å². The Morgan fingerprint density at radius 1 is 1.00 bits per heavy atom. The Balaban J connectivity index is 1.94. The van der Waals surface area contributed by atoms with Crippen molar-refractivity contribution in [2.24, 2.45) is 0 Å². The summed E-state index contributed by atoms with van der Waals surface area (Å²) in [6.07, 6.45) is 0.700. The number of aromatic amines is 1. The second-order valence-electron chi connectivity index (χ2n) is 5.56. The van der Waals surface area contributed by atoms with Crippen molar-refractivity contribution in [1.82, 2.24) is 9.97 Å². The van der Waals surface area contributed by atoms with Crippen LogP contribution < -0.4 is 14.2 Å². The molecule has 6 nitrogen and oxygen atoms in total. The second-order valence-corrected chi connectivity index (χ2v) is 6.47. The minimum absolute atomic E-state index is 0.478. The van der Waals surface area contributed by atoms with Crippen molar-refractivity contribution in [2.75, 3.05) is 21.3 Å². The summed E-state index contributed by atoms with van der Waals surface area (Å²) in [7, 11) is 4.61. The number of nitrogens with one attached hydrogen (secondary N) is 1. The lowest BCUT2D eigenvalue weighted by molar-refractivity contribution is 0.214. The molecule has 1 unspecified atom stereocenters. The standard InChI is InChI=1S/C19H19BrN2O4/c1-24-15-8-12(9-16(25-2)18(15)26-3)17(23)14-10-21-19(22-14)11-4-6-13(20)7-5-11/h4-10,17,23H,1-3H3,(H,21,22). The van der Waals surface area contributed by atoms with Gasteiger partial charge in [-0.05, 0) is 29.8 Å². The summed E-state index contributed by atoms with van der Waals surface area (Å²) in [6, 6.07) is 11.2. The molecule has 1 aromatic heterocycles. The number of nitrogens with zero attached hydrogens (tertiary/aromatic N) is 1. The molecule has 7 heteroatoms. The van der Waals surface area contributed by atoms with Crippen molar-refractivity contribution in [2.45, 2.75) is 6.10 Å². The van der Waals surface area contributed by atoms with Gasteiger partial charge in [0, 0.05) is 10.0 Å². The summed E-state index contributed by atoms with van der Waals surface area (Å²) in [5.41, 5.74) is 2.10. The molecule has 0 radical (unpaired) electrons. The van der Waals surface area contributed by atoms with E-state index in [-0.39, 0.29) is 0 Å². The van der Waals surface area contributed by atoms with Crippen LogP contribution in [0.5, 0.6) is 17.2 Å². The average Bonchev–Trinajstić information content (AvgIpc) is 3.16. The van der Waals surface area contributed by atoms with Gasteiger partial charge in [-0.2, -0.15) is 0 Å². The summed E-state index contributed by atoms with van der Waals surface area (Å²) in [4.78, 5) is 7.52. The van der Waals surface area contributed by atoms with Crippen LogP contribution in [-0.4, -0.2) is 36.4 Å². The number of hydrogen-bond donors (Lipinski definition) is 2. The third-order valence-electron chi connectivity index (χ3n) is 4.01. The van der Waals surface area contributed by atoms with Crippen LogP contribution in [0.15, 0.2) is 47.1 Å². The lowest BCUT2D eigenvalue weighted by Crippen LogP contribution is -2.03. The number of ether oxygens (including phenoxy) is 3. The predicted octanol–water partition coefficient (Wildman–Crippen LogP) is 3.95. The number of aliphatic hydroxyl groups is 1. The van der Waals surface area contributed by atoms with Gasteiger partial charge in [-0.1, -0.05) is 28.1 Å². The molecule has 1 heterocycles. The first-order valence-corrected chi connectivity index (χ1v) is 8.65. The summed E-state index contributed by atoms with van der Waals surface area (Å²) >= 11 is 3.41. The number of halogens is 1. The fourth-order valence-electron chi connectivity index (χ4n) is 2.67. The topological polar surface area (TPSA) is 76.6 Å². The third-order valence-corrected chi connectivity index (χ3v) is 4.54. The van der Waals surface area contributed by atoms with Gasteiger partial charge in [-0.25, -0.2) is 4.98 Å². The van der Waals surface area contributed by atoms with Crippen molar-refractivity contribution in [3.05, 3.63) is 58.3 Å². The molecule has 0 amide bonds. The summed E-state index contributed by atoms with van der Waals surface area (Å²) in [5, 5.41) is 10.8. The molecule has 2 aromatic carbocycles. The van der Waals surface area contributed by atoms with E-state index in [9.17, 15) is 5.11 Å². The van der Waals surface area contributed by atoms with Gasteiger partial charge >= 0.3 is 0 Å². The quantitative estimate of drug-likeness (QED) is 0.633. The van der Waals surface area contributed by atoms with Gasteiger partial charge < -0.3 is 24.3 Å². The Labute approximate surface area is 159 Å². The third kappa shape index (κ3) is 3.54. The van der Waals surface area contributed by atoms with Crippen LogP contribution in [0, 0.1) is 0 Å². The van der Waals surface area contributed by atoms with Gasteiger partial charge in [0.2, 0.25) is 5.75 Å². The molecule has 1 atom stereocenters. The van der Waals surface area contributed by atoms with Gasteiger partial charge in [-0.15, -0.1) is 0 Å². The van der Waals surface area contributed by atoms with E-state index in [2.05, 4.69) is 25.9 Å². The van der Waals surface area contributed by atoms with Gasteiger partial charge in [0.25, 0.3) is 0 Å². The lowest BCUT2D eigenvalue weighted by atomic mass is 10.1. The van der Waals surface area contributed by atoms with E-state index in [0.717, 1.165) is 10.0 Å². The molecular weight excluding hydrogens is 400 g/mol. The monoisotopic (exact) mass is 418 g/mol. The van der Waals surface area contributed by atoms with Crippen LogP contribution >= 0.6 is 15.9 Å². The van der Waals surface area contributed by atoms with Gasteiger partial charge in [-0.3, -0.25) is 0 Å². The van der Waals surface area contributed by atoms with E-state index >= 15 is 0 Å². The molecule has 2 N–H and O–H groups in total. The Bertz CT molecular complexity index is 868. The first-order valence-electron chi connectivity index (χ1n) is 7.86. The van der Waals surface area contributed by atoms with Gasteiger partial charge in [0.05, 0.1) is 33.2 Å². The number of hydrogen-bond acceptors (Lipinski definition) is 5. The molecule has 0 aliphatic rings. The van der Waals surface area contributed by atoms with Crippen LogP contribution in [0.1, 0.15) is 17.4 Å². The van der Waals surface area contributed by atoms with Crippen molar-refractivity contribution in [1.29, 1.82) is 0 Å². The zero-order valence-electron chi connectivity index (χ0n) is 14.6. The maximum atomic E-state index is 10.8. The molecule has 136 valence electrons. The number of H-pyrrole nitrogens is 1. The maximum Gasteiger partial charge on any atom is 0.203 e. The van der Waals surface area contributed by atoms with Crippen LogP contribution in [0.2, 0.25) is 0 Å². The van der Waals surface area contributed by atoms with E-state index < -0.39 is 6.10 Å². The number of aromatic nitrogens is 2. The molecule has 0 aliphatic carbocycles. The van der Waals surface area contributed by atoms with E-state index in [0.29, 0.717) is 34.3 Å². The van der Waals surface area contributed by atoms with Crippen molar-refractivity contribution in [3.63, 3.8) is 0 Å². The normalized spacial score (nSPS) is 11.9. The van der Waals surface area contributed by atoms with Crippen LogP contribution in [0.4, 0.5) is 0 Å². The zero-order chi connectivity index (χ0) is 18.7. The van der Waals surface area contributed by atoms with Gasteiger partial charge in [0.15, 0.2) is 11.5 Å². The molecule has 0 bridgehead atoms.